The quantitative estimate of drug-likeness (QED) is 0.490. The first-order valence-corrected chi connectivity index (χ1v) is 9.36. The summed E-state index contributed by atoms with van der Waals surface area (Å²) in [6.07, 6.45) is 6.28. The molecule has 1 N–H and O–H groups in total. The molecule has 1 heterocycles. The molecule has 1 aliphatic rings. The van der Waals surface area contributed by atoms with E-state index in [9.17, 15) is 0 Å². The number of nitrogens with one attached hydrogen (secondary N) is 1. The zero-order valence-electron chi connectivity index (χ0n) is 15.0. The Bertz CT molecular complexity index is 1070. The van der Waals surface area contributed by atoms with Crippen LogP contribution in [0.15, 0.2) is 85.1 Å². The second-order valence-corrected chi connectivity index (χ2v) is 6.97. The van der Waals surface area contributed by atoms with Crippen molar-refractivity contribution in [1.29, 1.82) is 0 Å². The average Bonchev–Trinajstić information content (AvgIpc) is 3.21. The molecule has 0 amide bonds. The Kier molecular flexibility index (Phi) is 3.95. The molecule has 0 radical (unpaired) electrons. The first-order valence-electron chi connectivity index (χ1n) is 9.36. The number of H-pyrrole nitrogens is 1. The van der Waals surface area contributed by atoms with Crippen molar-refractivity contribution in [2.24, 2.45) is 0 Å². The molecule has 0 saturated carbocycles. The second-order valence-electron chi connectivity index (χ2n) is 6.97. The second kappa shape index (κ2) is 6.73. The van der Waals surface area contributed by atoms with Crippen molar-refractivity contribution in [1.82, 2.24) is 10.2 Å². The fourth-order valence-electron chi connectivity index (χ4n) is 3.95. The SMILES string of the molecule is C(=C1c2ccccc2CCc2ccccc21)c1cccc(-c2ccn[nH]2)c1. The summed E-state index contributed by atoms with van der Waals surface area (Å²) in [7, 11) is 0. The third kappa shape index (κ3) is 3.00. The molecule has 0 saturated heterocycles. The zero-order chi connectivity index (χ0) is 18.1. The fourth-order valence-corrected chi connectivity index (χ4v) is 3.95. The summed E-state index contributed by atoms with van der Waals surface area (Å²) in [4.78, 5) is 0. The standard InChI is InChI=1S/C25H20N2/c1-3-10-22-19(7-1)12-13-20-8-2-4-11-23(20)24(22)17-18-6-5-9-21(16-18)25-14-15-26-27-25/h1-11,14-17H,12-13H2,(H,26,27). The molecular weight excluding hydrogens is 328 g/mol. The number of aryl methyl sites for hydroxylation is 2. The van der Waals surface area contributed by atoms with Gasteiger partial charge >= 0.3 is 0 Å². The van der Waals surface area contributed by atoms with Crippen molar-refractivity contribution in [2.45, 2.75) is 12.8 Å². The lowest BCUT2D eigenvalue weighted by atomic mass is 9.92. The molecule has 0 atom stereocenters. The Balaban J connectivity index is 1.69. The number of aromatic amines is 1. The highest BCUT2D eigenvalue weighted by Gasteiger charge is 2.17. The Labute approximate surface area is 159 Å². The molecule has 1 aromatic heterocycles. The van der Waals surface area contributed by atoms with Crippen LogP contribution in [0.2, 0.25) is 0 Å². The van der Waals surface area contributed by atoms with Gasteiger partial charge in [0, 0.05) is 11.8 Å². The van der Waals surface area contributed by atoms with Crippen molar-refractivity contribution in [2.75, 3.05) is 0 Å². The summed E-state index contributed by atoms with van der Waals surface area (Å²) in [5.41, 5.74) is 10.2. The van der Waals surface area contributed by atoms with Crippen LogP contribution in [0, 0.1) is 0 Å². The highest BCUT2D eigenvalue weighted by molar-refractivity contribution is 5.94. The van der Waals surface area contributed by atoms with E-state index in [1.165, 1.54) is 33.4 Å². The van der Waals surface area contributed by atoms with Gasteiger partial charge in [0.05, 0.1) is 5.69 Å². The molecule has 5 rings (SSSR count). The van der Waals surface area contributed by atoms with Crippen molar-refractivity contribution < 1.29 is 0 Å². The maximum absolute atomic E-state index is 4.08. The van der Waals surface area contributed by atoms with Crippen LogP contribution in [0.4, 0.5) is 0 Å². The molecule has 0 fully saturated rings. The zero-order valence-corrected chi connectivity index (χ0v) is 15.0. The molecule has 130 valence electrons. The van der Waals surface area contributed by atoms with E-state index in [0.717, 1.165) is 24.1 Å². The van der Waals surface area contributed by atoms with Gasteiger partial charge in [0.25, 0.3) is 0 Å². The molecule has 4 aromatic rings. The Hall–Kier alpha value is -3.39. The lowest BCUT2D eigenvalue weighted by Crippen LogP contribution is -1.92. The van der Waals surface area contributed by atoms with E-state index in [-0.39, 0.29) is 0 Å². The van der Waals surface area contributed by atoms with Gasteiger partial charge in [0.1, 0.15) is 0 Å². The summed E-state index contributed by atoms with van der Waals surface area (Å²) in [5, 5.41) is 7.13. The third-order valence-corrected chi connectivity index (χ3v) is 5.29. The third-order valence-electron chi connectivity index (χ3n) is 5.29. The molecule has 0 spiro atoms. The summed E-state index contributed by atoms with van der Waals surface area (Å²) in [6.45, 7) is 0. The van der Waals surface area contributed by atoms with Crippen molar-refractivity contribution in [3.8, 4) is 11.3 Å². The lowest BCUT2D eigenvalue weighted by molar-refractivity contribution is 0.965. The maximum atomic E-state index is 4.08. The van der Waals surface area contributed by atoms with Crippen LogP contribution in [-0.4, -0.2) is 10.2 Å². The molecule has 1 aliphatic carbocycles. The van der Waals surface area contributed by atoms with Crippen LogP contribution < -0.4 is 0 Å². The number of nitrogens with zero attached hydrogens (tertiary/aromatic N) is 1. The molecule has 3 aromatic carbocycles. The topological polar surface area (TPSA) is 28.7 Å². The minimum Gasteiger partial charge on any atom is -0.278 e. The largest absolute Gasteiger partial charge is 0.278 e. The van der Waals surface area contributed by atoms with Gasteiger partial charge in [0.2, 0.25) is 0 Å². The van der Waals surface area contributed by atoms with Crippen LogP contribution in [0.1, 0.15) is 27.8 Å². The molecule has 0 aliphatic heterocycles. The van der Waals surface area contributed by atoms with E-state index in [1.54, 1.807) is 6.20 Å². The highest BCUT2D eigenvalue weighted by Crippen LogP contribution is 2.35. The first-order chi connectivity index (χ1) is 13.4. The fraction of sp³-hybridized carbons (Fsp3) is 0.0800. The van der Waals surface area contributed by atoms with Crippen molar-refractivity contribution >= 4 is 11.6 Å². The van der Waals surface area contributed by atoms with Gasteiger partial charge in [-0.2, -0.15) is 5.10 Å². The van der Waals surface area contributed by atoms with Crippen molar-refractivity contribution in [3.05, 3.63) is 113 Å². The predicted octanol–water partition coefficient (Wildman–Crippen LogP) is 5.76. The molecule has 2 heteroatoms. The normalized spacial score (nSPS) is 12.8. The number of rotatable bonds is 2. The Morgan fingerprint density at radius 2 is 1.44 bits per heavy atom. The molecule has 27 heavy (non-hydrogen) atoms. The van der Waals surface area contributed by atoms with E-state index >= 15 is 0 Å². The smallest absolute Gasteiger partial charge is 0.0650 e. The maximum Gasteiger partial charge on any atom is 0.0650 e. The number of hydrogen-bond donors (Lipinski definition) is 1. The van der Waals surface area contributed by atoms with Crippen LogP contribution in [0.3, 0.4) is 0 Å². The predicted molar refractivity (Wildman–Crippen MR) is 111 cm³/mol. The van der Waals surface area contributed by atoms with Gasteiger partial charge in [0.15, 0.2) is 0 Å². The summed E-state index contributed by atoms with van der Waals surface area (Å²) < 4.78 is 0. The van der Waals surface area contributed by atoms with Gasteiger partial charge in [-0.05, 0) is 64.4 Å². The summed E-state index contributed by atoms with van der Waals surface area (Å²) in [6, 6.07) is 28.2. The first kappa shape index (κ1) is 15.8. The molecule has 0 bridgehead atoms. The lowest BCUT2D eigenvalue weighted by Gasteiger charge is -2.12. The van der Waals surface area contributed by atoms with Gasteiger partial charge in [-0.3, -0.25) is 5.10 Å². The van der Waals surface area contributed by atoms with Crippen molar-refractivity contribution in [3.63, 3.8) is 0 Å². The van der Waals surface area contributed by atoms with Crippen LogP contribution in [0.5, 0.6) is 0 Å². The van der Waals surface area contributed by atoms with Crippen LogP contribution in [0.25, 0.3) is 22.9 Å². The van der Waals surface area contributed by atoms with Gasteiger partial charge in [-0.15, -0.1) is 0 Å². The minimum atomic E-state index is 1.04. The monoisotopic (exact) mass is 348 g/mol. The van der Waals surface area contributed by atoms with Gasteiger partial charge in [-0.25, -0.2) is 0 Å². The Morgan fingerprint density at radius 1 is 0.741 bits per heavy atom. The van der Waals surface area contributed by atoms with Gasteiger partial charge < -0.3 is 0 Å². The molecular formula is C25H20N2. The minimum absolute atomic E-state index is 1.04. The van der Waals surface area contributed by atoms with E-state index in [0.29, 0.717) is 0 Å². The van der Waals surface area contributed by atoms with Crippen LogP contribution in [-0.2, 0) is 12.8 Å². The Morgan fingerprint density at radius 3 is 2.11 bits per heavy atom. The number of hydrogen-bond acceptors (Lipinski definition) is 1. The number of benzene rings is 3. The van der Waals surface area contributed by atoms with E-state index < -0.39 is 0 Å². The van der Waals surface area contributed by atoms with E-state index in [2.05, 4.69) is 89.1 Å². The number of aromatic nitrogens is 2. The highest BCUT2D eigenvalue weighted by atomic mass is 15.1. The average molecular weight is 348 g/mol. The van der Waals surface area contributed by atoms with Crippen LogP contribution >= 0.6 is 0 Å². The van der Waals surface area contributed by atoms with E-state index in [4.69, 9.17) is 0 Å². The number of fused-ring (bicyclic) bond motifs is 2. The van der Waals surface area contributed by atoms with Gasteiger partial charge in [-0.1, -0.05) is 66.7 Å². The molecule has 2 nitrogen and oxygen atoms in total. The summed E-state index contributed by atoms with van der Waals surface area (Å²) >= 11 is 0. The van der Waals surface area contributed by atoms with E-state index in [1.807, 2.05) is 6.07 Å². The summed E-state index contributed by atoms with van der Waals surface area (Å²) in [5.74, 6) is 0. The molecule has 0 unspecified atom stereocenters.